The van der Waals surface area contributed by atoms with Crippen LogP contribution < -0.4 is 10.2 Å². The average molecular weight is 399 g/mol. The summed E-state index contributed by atoms with van der Waals surface area (Å²) >= 11 is 0. The predicted molar refractivity (Wildman–Crippen MR) is 102 cm³/mol. The summed E-state index contributed by atoms with van der Waals surface area (Å²) in [6.45, 7) is 1.80. The van der Waals surface area contributed by atoms with Gasteiger partial charge in [-0.3, -0.25) is 4.84 Å². The highest BCUT2D eigenvalue weighted by atomic mass is 17.0. The first-order valence-electron chi connectivity index (χ1n) is 9.53. The van der Waals surface area contributed by atoms with Gasteiger partial charge in [-0.05, 0) is 50.3 Å². The third-order valence-electron chi connectivity index (χ3n) is 5.22. The predicted octanol–water partition coefficient (Wildman–Crippen LogP) is 3.01. The van der Waals surface area contributed by atoms with Gasteiger partial charge >= 0.3 is 5.97 Å². The zero-order chi connectivity index (χ0) is 20.4. The highest BCUT2D eigenvalue weighted by Crippen LogP contribution is 2.36. The minimum atomic E-state index is -0.869. The fourth-order valence-electron chi connectivity index (χ4n) is 3.86. The Morgan fingerprint density at radius 1 is 1.24 bits per heavy atom. The molecule has 29 heavy (non-hydrogen) atoms. The number of benzene rings is 1. The number of aromatic nitrogens is 3. The van der Waals surface area contributed by atoms with E-state index >= 15 is 0 Å². The highest BCUT2D eigenvalue weighted by Gasteiger charge is 2.35. The van der Waals surface area contributed by atoms with E-state index in [0.29, 0.717) is 22.8 Å². The minimum absolute atomic E-state index is 0.0785. The molecule has 0 spiro atoms. The van der Waals surface area contributed by atoms with Crippen LogP contribution in [-0.2, 0) is 9.53 Å². The molecular weight excluding hydrogens is 378 g/mol. The van der Waals surface area contributed by atoms with Crippen molar-refractivity contribution in [2.24, 2.45) is 0 Å². The maximum Gasteiger partial charge on any atom is 0.338 e. The molecule has 1 N–H and O–H groups in total. The second kappa shape index (κ2) is 7.90. The molecule has 1 aromatic carbocycles. The van der Waals surface area contributed by atoms with E-state index in [9.17, 15) is 14.9 Å². The summed E-state index contributed by atoms with van der Waals surface area (Å²) in [5.41, 5.74) is 1.79. The van der Waals surface area contributed by atoms with Gasteiger partial charge in [-0.2, -0.15) is 10.1 Å². The number of esters is 1. The zero-order valence-corrected chi connectivity index (χ0v) is 15.9. The molecule has 4 rings (SSSR count). The van der Waals surface area contributed by atoms with E-state index in [1.165, 1.54) is 24.9 Å². The van der Waals surface area contributed by atoms with Gasteiger partial charge < -0.3 is 10.1 Å². The van der Waals surface area contributed by atoms with Gasteiger partial charge in [-0.25, -0.2) is 9.48 Å². The monoisotopic (exact) mass is 399 g/mol. The maximum atomic E-state index is 13.1. The fourth-order valence-corrected chi connectivity index (χ4v) is 3.86. The maximum absolute atomic E-state index is 13.1. The molecule has 0 saturated heterocycles. The van der Waals surface area contributed by atoms with Gasteiger partial charge in [0.05, 0.1) is 5.57 Å². The van der Waals surface area contributed by atoms with Crippen molar-refractivity contribution in [1.29, 1.82) is 0 Å². The molecule has 1 aliphatic carbocycles. The summed E-state index contributed by atoms with van der Waals surface area (Å²) in [6, 6.07) is 5.74. The van der Waals surface area contributed by atoms with Gasteiger partial charge in [0.2, 0.25) is 5.95 Å². The third kappa shape index (κ3) is 3.91. The van der Waals surface area contributed by atoms with E-state index in [-0.39, 0.29) is 11.9 Å². The van der Waals surface area contributed by atoms with Gasteiger partial charge in [0.25, 0.3) is 5.09 Å². The second-order valence-corrected chi connectivity index (χ2v) is 7.14. The van der Waals surface area contributed by atoms with E-state index in [2.05, 4.69) is 20.2 Å². The van der Waals surface area contributed by atoms with Crippen LogP contribution >= 0.6 is 0 Å². The molecule has 2 aliphatic rings. The van der Waals surface area contributed by atoms with Crippen molar-refractivity contribution >= 4 is 11.9 Å². The van der Waals surface area contributed by atoms with Gasteiger partial charge in [-0.1, -0.05) is 18.6 Å². The summed E-state index contributed by atoms with van der Waals surface area (Å²) in [5, 5.41) is 17.0. The van der Waals surface area contributed by atoms with Crippen LogP contribution in [0.25, 0.3) is 0 Å². The number of nitrogens with zero attached hydrogens (tertiary/aromatic N) is 4. The van der Waals surface area contributed by atoms with Crippen LogP contribution in [0.15, 0.2) is 41.9 Å². The first kappa shape index (κ1) is 18.9. The van der Waals surface area contributed by atoms with E-state index < -0.39 is 17.1 Å². The lowest BCUT2D eigenvalue weighted by molar-refractivity contribution is -0.711. The van der Waals surface area contributed by atoms with E-state index in [4.69, 9.17) is 4.74 Å². The van der Waals surface area contributed by atoms with Crippen molar-refractivity contribution in [2.45, 2.75) is 51.2 Å². The number of fused-ring (bicyclic) bond motifs is 1. The van der Waals surface area contributed by atoms with Crippen LogP contribution in [0.1, 0.15) is 50.6 Å². The number of hydrogen-bond donors (Lipinski definition) is 1. The Bertz CT molecular complexity index is 946. The normalized spacial score (nSPS) is 19.3. The molecular formula is C19H21N5O5. The Kier molecular flexibility index (Phi) is 5.15. The van der Waals surface area contributed by atoms with Gasteiger partial charge in [0, 0.05) is 5.70 Å². The van der Waals surface area contributed by atoms with Gasteiger partial charge in [0.1, 0.15) is 24.2 Å². The topological polar surface area (TPSA) is 121 Å². The Balaban J connectivity index is 1.66. The number of hydrogen-bond acceptors (Lipinski definition) is 8. The van der Waals surface area contributed by atoms with E-state index in [1.807, 2.05) is 0 Å². The second-order valence-electron chi connectivity index (χ2n) is 7.14. The molecule has 1 saturated carbocycles. The molecule has 10 heteroatoms. The highest BCUT2D eigenvalue weighted by molar-refractivity contribution is 5.92. The van der Waals surface area contributed by atoms with Crippen LogP contribution in [0.3, 0.4) is 0 Å². The first-order chi connectivity index (χ1) is 14.0. The number of rotatable bonds is 5. The molecule has 0 amide bonds. The Morgan fingerprint density at radius 2 is 1.97 bits per heavy atom. The first-order valence-corrected chi connectivity index (χ1v) is 9.53. The molecule has 2 aromatic rings. The van der Waals surface area contributed by atoms with Crippen molar-refractivity contribution in [3.8, 4) is 5.75 Å². The molecule has 0 radical (unpaired) electrons. The third-order valence-corrected chi connectivity index (χ3v) is 5.22. The number of anilines is 1. The lowest BCUT2D eigenvalue weighted by Gasteiger charge is -2.30. The van der Waals surface area contributed by atoms with Crippen molar-refractivity contribution in [2.75, 3.05) is 5.32 Å². The molecule has 2 heterocycles. The Morgan fingerprint density at radius 3 is 2.66 bits per heavy atom. The van der Waals surface area contributed by atoms with Crippen LogP contribution in [-0.4, -0.2) is 31.9 Å². The van der Waals surface area contributed by atoms with E-state index in [1.54, 1.807) is 23.7 Å². The zero-order valence-electron chi connectivity index (χ0n) is 15.9. The van der Waals surface area contributed by atoms with Gasteiger partial charge in [0.15, 0.2) is 0 Å². The summed E-state index contributed by atoms with van der Waals surface area (Å²) in [7, 11) is 0. The molecule has 10 nitrogen and oxygen atoms in total. The number of carbonyl (C=O) groups is 1. The smallest absolute Gasteiger partial charge is 0.338 e. The lowest BCUT2D eigenvalue weighted by atomic mass is 9.95. The number of ether oxygens (including phenoxy) is 1. The lowest BCUT2D eigenvalue weighted by Crippen LogP contribution is -2.32. The van der Waals surface area contributed by atoms with Crippen molar-refractivity contribution in [3.63, 3.8) is 0 Å². The Hall–Kier alpha value is -3.43. The van der Waals surface area contributed by atoms with Gasteiger partial charge in [-0.15, -0.1) is 10.1 Å². The average Bonchev–Trinajstić information content (AvgIpc) is 3.16. The summed E-state index contributed by atoms with van der Waals surface area (Å²) < 4.78 is 7.41. The number of nitrogens with one attached hydrogen (secondary N) is 1. The summed E-state index contributed by atoms with van der Waals surface area (Å²) in [6.07, 6.45) is 6.36. The van der Waals surface area contributed by atoms with Crippen molar-refractivity contribution in [1.82, 2.24) is 14.8 Å². The summed E-state index contributed by atoms with van der Waals surface area (Å²) in [5.74, 6) is 0.213. The SMILES string of the molecule is CC1=C(C(=O)OC2CCCCC2)[C@@H](c2ccc(O[N+](=O)[O-])cc2)n2ncnc2N1. The largest absolute Gasteiger partial charge is 0.459 e. The van der Waals surface area contributed by atoms with Crippen molar-refractivity contribution < 1.29 is 19.5 Å². The molecule has 0 unspecified atom stereocenters. The molecule has 1 fully saturated rings. The molecule has 1 aliphatic heterocycles. The van der Waals surface area contributed by atoms with Crippen LogP contribution in [0, 0.1) is 10.1 Å². The van der Waals surface area contributed by atoms with Crippen LogP contribution in [0.4, 0.5) is 5.95 Å². The molecule has 1 atom stereocenters. The molecule has 1 aromatic heterocycles. The van der Waals surface area contributed by atoms with Crippen LogP contribution in [0.2, 0.25) is 0 Å². The quantitative estimate of drug-likeness (QED) is 0.463. The molecule has 152 valence electrons. The van der Waals surface area contributed by atoms with Crippen LogP contribution in [0.5, 0.6) is 5.75 Å². The number of carbonyl (C=O) groups excluding carboxylic acids is 1. The standard InChI is InChI=1S/C19H21N5O5/c1-12-16(18(25)28-14-5-3-2-4-6-14)17(23-19(22-12)20-11-21-23)13-7-9-15(10-8-13)29-24(26)27/h7-11,14,17H,2-6H2,1H3,(H,20,21,22)/t17-/m1/s1. The van der Waals surface area contributed by atoms with E-state index in [0.717, 1.165) is 25.7 Å². The van der Waals surface area contributed by atoms with Crippen molar-refractivity contribution in [3.05, 3.63) is 57.5 Å². The fraction of sp³-hybridized carbons (Fsp3) is 0.421. The number of allylic oxidation sites excluding steroid dienone is 1. The molecule has 0 bridgehead atoms. The minimum Gasteiger partial charge on any atom is -0.459 e. The summed E-state index contributed by atoms with van der Waals surface area (Å²) in [4.78, 5) is 32.3. The Labute approximate surface area is 166 Å².